The predicted molar refractivity (Wildman–Crippen MR) is 153 cm³/mol. The zero-order valence-corrected chi connectivity index (χ0v) is 22.8. The Bertz CT molecular complexity index is 1890. The lowest BCUT2D eigenvalue weighted by Crippen LogP contribution is -2.39. The number of aromatic nitrogens is 2. The van der Waals surface area contributed by atoms with Crippen molar-refractivity contribution < 1.29 is 9.53 Å². The van der Waals surface area contributed by atoms with Gasteiger partial charge in [-0.1, -0.05) is 65.9 Å². The molecule has 1 atom stereocenters. The Morgan fingerprint density at radius 1 is 1.08 bits per heavy atom. The van der Waals surface area contributed by atoms with Crippen LogP contribution in [0.1, 0.15) is 34.7 Å². The van der Waals surface area contributed by atoms with Gasteiger partial charge in [-0.05, 0) is 37.4 Å². The van der Waals surface area contributed by atoms with Crippen LogP contribution in [0.15, 0.2) is 87.5 Å². The number of thiophene rings is 1. The van der Waals surface area contributed by atoms with Crippen molar-refractivity contribution in [3.05, 3.63) is 119 Å². The highest BCUT2D eigenvalue weighted by Crippen LogP contribution is 2.37. The molecule has 2 aromatic carbocycles. The largest absolute Gasteiger partial charge is 0.463 e. The number of aryl methyl sites for hydroxylation is 1. The summed E-state index contributed by atoms with van der Waals surface area (Å²) in [6, 6.07) is 21.0. The van der Waals surface area contributed by atoms with Gasteiger partial charge >= 0.3 is 5.97 Å². The number of carbonyl (C=O) groups is 1. The van der Waals surface area contributed by atoms with Crippen LogP contribution in [0.25, 0.3) is 22.7 Å². The molecule has 190 valence electrons. The van der Waals surface area contributed by atoms with Gasteiger partial charge in [-0.15, -0.1) is 11.3 Å². The molecule has 0 saturated carbocycles. The van der Waals surface area contributed by atoms with Gasteiger partial charge < -0.3 is 9.30 Å². The van der Waals surface area contributed by atoms with E-state index in [1.807, 2.05) is 73.1 Å². The van der Waals surface area contributed by atoms with Gasteiger partial charge in [-0.2, -0.15) is 0 Å². The molecule has 0 N–H and O–H groups in total. The van der Waals surface area contributed by atoms with Gasteiger partial charge in [0.25, 0.3) is 5.56 Å². The SMILES string of the molecule is CCOC(=O)C1=C(c2ccccc2)N=c2s/c(=C/c3c(C)n(C)c4ccccc34)c(=O)n2[C@@H]1c1cccs1. The van der Waals surface area contributed by atoms with Gasteiger partial charge in [0, 0.05) is 39.6 Å². The normalized spacial score (nSPS) is 15.6. The van der Waals surface area contributed by atoms with E-state index >= 15 is 0 Å². The number of fused-ring (bicyclic) bond motifs is 2. The third-order valence-electron chi connectivity index (χ3n) is 6.91. The number of hydrogen-bond acceptors (Lipinski definition) is 6. The van der Waals surface area contributed by atoms with E-state index in [0.717, 1.165) is 32.6 Å². The number of para-hydroxylation sites is 1. The number of thiazole rings is 1. The maximum absolute atomic E-state index is 14.1. The first-order valence-corrected chi connectivity index (χ1v) is 14.0. The highest BCUT2D eigenvalue weighted by atomic mass is 32.1. The van der Waals surface area contributed by atoms with E-state index in [1.165, 1.54) is 22.7 Å². The summed E-state index contributed by atoms with van der Waals surface area (Å²) in [5.41, 5.74) is 4.74. The Hall–Kier alpha value is -4.01. The van der Waals surface area contributed by atoms with E-state index in [2.05, 4.69) is 23.6 Å². The first kappa shape index (κ1) is 24.3. The molecule has 0 amide bonds. The Kier molecular flexibility index (Phi) is 6.21. The molecule has 0 saturated heterocycles. The van der Waals surface area contributed by atoms with Crippen molar-refractivity contribution in [2.45, 2.75) is 19.9 Å². The molecule has 4 heterocycles. The topological polar surface area (TPSA) is 65.6 Å². The smallest absolute Gasteiger partial charge is 0.338 e. The lowest BCUT2D eigenvalue weighted by atomic mass is 9.97. The van der Waals surface area contributed by atoms with Gasteiger partial charge in [-0.3, -0.25) is 9.36 Å². The highest BCUT2D eigenvalue weighted by molar-refractivity contribution is 7.10. The van der Waals surface area contributed by atoms with Crippen molar-refractivity contribution in [1.29, 1.82) is 0 Å². The van der Waals surface area contributed by atoms with Crippen molar-refractivity contribution in [1.82, 2.24) is 9.13 Å². The minimum Gasteiger partial charge on any atom is -0.463 e. The van der Waals surface area contributed by atoms with E-state index in [0.29, 0.717) is 20.6 Å². The Balaban J connectivity index is 1.66. The third-order valence-corrected chi connectivity index (χ3v) is 8.82. The number of carbonyl (C=O) groups excluding carboxylic acids is 1. The second kappa shape index (κ2) is 9.70. The molecule has 0 spiro atoms. The Morgan fingerprint density at radius 3 is 2.58 bits per heavy atom. The van der Waals surface area contributed by atoms with Crippen LogP contribution in [0, 0.1) is 6.92 Å². The predicted octanol–water partition coefficient (Wildman–Crippen LogP) is 4.80. The Morgan fingerprint density at radius 2 is 1.84 bits per heavy atom. The lowest BCUT2D eigenvalue weighted by Gasteiger charge is -2.24. The summed E-state index contributed by atoms with van der Waals surface area (Å²) < 4.78 is 9.87. The van der Waals surface area contributed by atoms with Gasteiger partial charge in [0.15, 0.2) is 4.80 Å². The second-order valence-corrected chi connectivity index (χ2v) is 11.0. The van der Waals surface area contributed by atoms with Crippen molar-refractivity contribution in [3.63, 3.8) is 0 Å². The van der Waals surface area contributed by atoms with Crippen LogP contribution in [0.4, 0.5) is 0 Å². The summed E-state index contributed by atoms with van der Waals surface area (Å²) in [6.07, 6.45) is 1.96. The maximum Gasteiger partial charge on any atom is 0.338 e. The summed E-state index contributed by atoms with van der Waals surface area (Å²) in [6.45, 7) is 4.07. The fourth-order valence-corrected chi connectivity index (χ4v) is 6.83. The molecule has 5 aromatic rings. The van der Waals surface area contributed by atoms with Crippen LogP contribution >= 0.6 is 22.7 Å². The molecule has 3 aromatic heterocycles. The van der Waals surface area contributed by atoms with E-state index < -0.39 is 12.0 Å². The summed E-state index contributed by atoms with van der Waals surface area (Å²) in [5, 5.41) is 3.04. The minimum atomic E-state index is -0.628. The van der Waals surface area contributed by atoms with Gasteiger partial charge in [0.2, 0.25) is 0 Å². The van der Waals surface area contributed by atoms with Crippen LogP contribution in [0.5, 0.6) is 0 Å². The third kappa shape index (κ3) is 3.88. The van der Waals surface area contributed by atoms with Crippen molar-refractivity contribution in [2.75, 3.05) is 6.61 Å². The zero-order valence-electron chi connectivity index (χ0n) is 21.2. The molecule has 6 rings (SSSR count). The number of nitrogens with zero attached hydrogens (tertiary/aromatic N) is 3. The molecule has 38 heavy (non-hydrogen) atoms. The van der Waals surface area contributed by atoms with Gasteiger partial charge in [0.05, 0.1) is 22.4 Å². The van der Waals surface area contributed by atoms with Gasteiger partial charge in [0.1, 0.15) is 6.04 Å². The number of esters is 1. The number of rotatable bonds is 5. The molecule has 0 fully saturated rings. The van der Waals surface area contributed by atoms with Crippen LogP contribution in [0.2, 0.25) is 0 Å². The van der Waals surface area contributed by atoms with E-state index in [1.54, 1.807) is 11.5 Å². The summed E-state index contributed by atoms with van der Waals surface area (Å²) in [7, 11) is 2.03. The minimum absolute atomic E-state index is 0.173. The molecule has 1 aliphatic rings. The highest BCUT2D eigenvalue weighted by Gasteiger charge is 2.35. The average molecular weight is 540 g/mol. The van der Waals surface area contributed by atoms with E-state index in [4.69, 9.17) is 9.73 Å². The standard InChI is InChI=1S/C30H25N3O3S2/c1-4-36-29(35)25-26(19-11-6-5-7-12-19)31-30-33(27(25)23-15-10-16-37-23)28(34)24(38-30)17-21-18(2)32(3)22-14-9-8-13-20(21)22/h5-17,27H,4H2,1-3H3/b24-17+/t27-/m1/s1. The lowest BCUT2D eigenvalue weighted by molar-refractivity contribution is -0.138. The van der Waals surface area contributed by atoms with Crippen LogP contribution in [-0.2, 0) is 16.6 Å². The zero-order chi connectivity index (χ0) is 26.4. The fourth-order valence-electron chi connectivity index (χ4n) is 5.02. The molecule has 0 unspecified atom stereocenters. The molecular formula is C30H25N3O3S2. The Labute approximate surface area is 227 Å². The molecule has 0 radical (unpaired) electrons. The van der Waals surface area contributed by atoms with E-state index in [9.17, 15) is 9.59 Å². The fraction of sp³-hybridized carbons (Fsp3) is 0.167. The van der Waals surface area contributed by atoms with Crippen LogP contribution in [0.3, 0.4) is 0 Å². The summed E-state index contributed by atoms with van der Waals surface area (Å²) >= 11 is 2.85. The summed E-state index contributed by atoms with van der Waals surface area (Å²) in [5.74, 6) is -0.465. The van der Waals surface area contributed by atoms with E-state index in [-0.39, 0.29) is 12.2 Å². The van der Waals surface area contributed by atoms with Gasteiger partial charge in [-0.25, -0.2) is 9.79 Å². The van der Waals surface area contributed by atoms with Crippen LogP contribution in [-0.4, -0.2) is 21.7 Å². The first-order valence-electron chi connectivity index (χ1n) is 12.4. The number of ether oxygens (including phenoxy) is 1. The van der Waals surface area contributed by atoms with Crippen LogP contribution < -0.4 is 14.9 Å². The van der Waals surface area contributed by atoms with Crippen molar-refractivity contribution in [3.8, 4) is 0 Å². The first-order chi connectivity index (χ1) is 18.5. The molecule has 0 bridgehead atoms. The molecule has 8 heteroatoms. The maximum atomic E-state index is 14.1. The molecular weight excluding hydrogens is 514 g/mol. The summed E-state index contributed by atoms with van der Waals surface area (Å²) in [4.78, 5) is 33.8. The number of hydrogen-bond donors (Lipinski definition) is 0. The van der Waals surface area contributed by atoms with Crippen molar-refractivity contribution in [2.24, 2.45) is 12.0 Å². The molecule has 1 aliphatic heterocycles. The quantitative estimate of drug-likeness (QED) is 0.302. The molecule has 0 aliphatic carbocycles. The average Bonchev–Trinajstić information content (AvgIpc) is 3.64. The second-order valence-electron chi connectivity index (χ2n) is 9.02. The molecule has 6 nitrogen and oxygen atoms in total. The number of benzene rings is 2. The monoisotopic (exact) mass is 539 g/mol. The van der Waals surface area contributed by atoms with Crippen molar-refractivity contribution >= 4 is 51.3 Å².